The predicted octanol–water partition coefficient (Wildman–Crippen LogP) is 2.04. The van der Waals surface area contributed by atoms with Gasteiger partial charge in [-0.25, -0.2) is 13.4 Å². The molecule has 2 aliphatic heterocycles. The van der Waals surface area contributed by atoms with E-state index in [1.54, 1.807) is 9.47 Å². The van der Waals surface area contributed by atoms with Crippen molar-refractivity contribution in [2.75, 3.05) is 18.0 Å². The molecule has 0 unspecified atom stereocenters. The highest BCUT2D eigenvalue weighted by Gasteiger charge is 2.31. The highest BCUT2D eigenvalue weighted by atomic mass is 32.2. The van der Waals surface area contributed by atoms with Crippen LogP contribution in [0.25, 0.3) is 0 Å². The first-order valence-electron chi connectivity index (χ1n) is 9.39. The summed E-state index contributed by atoms with van der Waals surface area (Å²) in [5, 5.41) is 0.0204. The molecular formula is C19H24N4O3S. The molecule has 2 aromatic rings. The Morgan fingerprint density at radius 3 is 2.70 bits per heavy atom. The van der Waals surface area contributed by atoms with Crippen molar-refractivity contribution in [2.24, 2.45) is 0 Å². The standard InChI is InChI=1S/C19H24N4O3S/c1-15-11-16-7-3-4-8-17(16)23(15)19(24)13-21-12-18(20-14-21)27(25,26)22-9-5-2-6-10-22/h3-4,7-8,12,14-15H,2,5-6,9-11,13H2,1H3/t15-/m1/s1. The van der Waals surface area contributed by atoms with Crippen molar-refractivity contribution in [3.05, 3.63) is 42.4 Å². The first kappa shape index (κ1) is 18.2. The topological polar surface area (TPSA) is 75.5 Å². The number of aromatic nitrogens is 2. The summed E-state index contributed by atoms with van der Waals surface area (Å²) in [4.78, 5) is 18.7. The molecule has 1 fully saturated rings. The van der Waals surface area contributed by atoms with E-state index in [1.165, 1.54) is 16.8 Å². The van der Waals surface area contributed by atoms with Gasteiger partial charge >= 0.3 is 0 Å². The van der Waals surface area contributed by atoms with E-state index in [2.05, 4.69) is 4.98 Å². The Kier molecular flexibility index (Phi) is 4.77. The third kappa shape index (κ3) is 3.39. The fourth-order valence-electron chi connectivity index (χ4n) is 3.97. The van der Waals surface area contributed by atoms with E-state index in [1.807, 2.05) is 31.2 Å². The summed E-state index contributed by atoms with van der Waals surface area (Å²) in [5.41, 5.74) is 2.11. The second-order valence-corrected chi connectivity index (χ2v) is 9.18. The van der Waals surface area contributed by atoms with E-state index < -0.39 is 10.0 Å². The molecule has 2 aliphatic rings. The van der Waals surface area contributed by atoms with Crippen LogP contribution in [0.5, 0.6) is 0 Å². The van der Waals surface area contributed by atoms with Crippen LogP contribution in [-0.2, 0) is 27.8 Å². The third-order valence-corrected chi connectivity index (χ3v) is 7.11. The minimum atomic E-state index is -3.58. The molecule has 7 nitrogen and oxygen atoms in total. The Morgan fingerprint density at radius 2 is 1.93 bits per heavy atom. The second kappa shape index (κ2) is 7.09. The number of rotatable bonds is 4. The Bertz CT molecular complexity index is 947. The first-order chi connectivity index (χ1) is 13.0. The summed E-state index contributed by atoms with van der Waals surface area (Å²) in [6.45, 7) is 3.17. The molecule has 1 aromatic heterocycles. The fourth-order valence-corrected chi connectivity index (χ4v) is 5.43. The lowest BCUT2D eigenvalue weighted by Gasteiger charge is -2.24. The lowest BCUT2D eigenvalue weighted by Crippen LogP contribution is -2.38. The number of sulfonamides is 1. The smallest absolute Gasteiger partial charge is 0.262 e. The second-order valence-electron chi connectivity index (χ2n) is 7.29. The van der Waals surface area contributed by atoms with Crippen LogP contribution in [0.3, 0.4) is 0 Å². The minimum Gasteiger partial charge on any atom is -0.327 e. The van der Waals surface area contributed by atoms with Crippen LogP contribution in [0.15, 0.2) is 41.8 Å². The van der Waals surface area contributed by atoms with Crippen molar-refractivity contribution >= 4 is 21.6 Å². The lowest BCUT2D eigenvalue weighted by molar-refractivity contribution is -0.119. The van der Waals surface area contributed by atoms with Gasteiger partial charge in [0.1, 0.15) is 6.54 Å². The van der Waals surface area contributed by atoms with Gasteiger partial charge in [0.2, 0.25) is 5.91 Å². The SMILES string of the molecule is C[C@@H]1Cc2ccccc2N1C(=O)Cn1cnc(S(=O)(=O)N2CCCCC2)c1. The number of hydrogen-bond donors (Lipinski definition) is 0. The number of anilines is 1. The maximum absolute atomic E-state index is 12.9. The van der Waals surface area contributed by atoms with Gasteiger partial charge in [-0.2, -0.15) is 4.31 Å². The summed E-state index contributed by atoms with van der Waals surface area (Å²) in [5.74, 6) is -0.0632. The van der Waals surface area contributed by atoms with Gasteiger partial charge in [-0.3, -0.25) is 4.79 Å². The molecule has 1 saturated heterocycles. The minimum absolute atomic E-state index is 0.0204. The number of hydrogen-bond acceptors (Lipinski definition) is 4. The van der Waals surface area contributed by atoms with Crippen LogP contribution in [0.4, 0.5) is 5.69 Å². The molecule has 144 valence electrons. The average Bonchev–Trinajstić information content (AvgIpc) is 3.26. The summed E-state index contributed by atoms with van der Waals surface area (Å²) in [6.07, 6.45) is 6.55. The molecule has 27 heavy (non-hydrogen) atoms. The number of nitrogens with zero attached hydrogens (tertiary/aromatic N) is 4. The molecule has 1 aromatic carbocycles. The third-order valence-electron chi connectivity index (χ3n) is 5.32. The summed E-state index contributed by atoms with van der Waals surface area (Å²) >= 11 is 0. The Hall–Kier alpha value is -2.19. The van der Waals surface area contributed by atoms with Crippen molar-refractivity contribution in [3.8, 4) is 0 Å². The molecular weight excluding hydrogens is 364 g/mol. The van der Waals surface area contributed by atoms with Gasteiger partial charge in [0.25, 0.3) is 10.0 Å². The summed E-state index contributed by atoms with van der Waals surface area (Å²) in [6, 6.07) is 8.00. The van der Waals surface area contributed by atoms with Crippen molar-refractivity contribution < 1.29 is 13.2 Å². The molecule has 0 aliphatic carbocycles. The van der Waals surface area contributed by atoms with Gasteiger partial charge in [-0.05, 0) is 37.8 Å². The number of imidazole rings is 1. The molecule has 0 spiro atoms. The Labute approximate surface area is 159 Å². The number of amides is 1. The summed E-state index contributed by atoms with van der Waals surface area (Å²) in [7, 11) is -3.58. The Balaban J connectivity index is 1.50. The quantitative estimate of drug-likeness (QED) is 0.803. The normalized spacial score (nSPS) is 20.6. The zero-order valence-corrected chi connectivity index (χ0v) is 16.2. The molecule has 3 heterocycles. The van der Waals surface area contributed by atoms with Crippen LogP contribution < -0.4 is 4.90 Å². The predicted molar refractivity (Wildman–Crippen MR) is 102 cm³/mol. The molecule has 1 amide bonds. The van der Waals surface area contributed by atoms with E-state index in [-0.39, 0.29) is 23.5 Å². The number of carbonyl (C=O) groups is 1. The highest BCUT2D eigenvalue weighted by molar-refractivity contribution is 7.89. The molecule has 0 radical (unpaired) electrons. The van der Waals surface area contributed by atoms with E-state index >= 15 is 0 Å². The zero-order chi connectivity index (χ0) is 19.0. The first-order valence-corrected chi connectivity index (χ1v) is 10.8. The molecule has 0 N–H and O–H groups in total. The van der Waals surface area contributed by atoms with Gasteiger partial charge in [0, 0.05) is 31.0 Å². The van der Waals surface area contributed by atoms with E-state index in [0.29, 0.717) is 13.1 Å². The maximum Gasteiger partial charge on any atom is 0.262 e. The largest absolute Gasteiger partial charge is 0.327 e. The van der Waals surface area contributed by atoms with Crippen LogP contribution in [0.2, 0.25) is 0 Å². The van der Waals surface area contributed by atoms with Crippen molar-refractivity contribution in [3.63, 3.8) is 0 Å². The molecule has 0 bridgehead atoms. The van der Waals surface area contributed by atoms with Crippen LogP contribution in [0.1, 0.15) is 31.7 Å². The monoisotopic (exact) mass is 388 g/mol. The molecule has 0 saturated carbocycles. The number of benzene rings is 1. The van der Waals surface area contributed by atoms with Crippen LogP contribution >= 0.6 is 0 Å². The van der Waals surface area contributed by atoms with Gasteiger partial charge in [0.15, 0.2) is 5.03 Å². The number of piperidine rings is 1. The molecule has 4 rings (SSSR count). The molecule has 1 atom stereocenters. The van der Waals surface area contributed by atoms with Crippen molar-refractivity contribution in [2.45, 2.75) is 50.2 Å². The van der Waals surface area contributed by atoms with Crippen molar-refractivity contribution in [1.29, 1.82) is 0 Å². The van der Waals surface area contributed by atoms with Crippen LogP contribution in [-0.4, -0.2) is 47.3 Å². The zero-order valence-electron chi connectivity index (χ0n) is 15.4. The molecule has 8 heteroatoms. The number of para-hydroxylation sites is 1. The van der Waals surface area contributed by atoms with E-state index in [9.17, 15) is 13.2 Å². The van der Waals surface area contributed by atoms with E-state index in [0.717, 1.165) is 36.9 Å². The van der Waals surface area contributed by atoms with Gasteiger partial charge < -0.3 is 9.47 Å². The number of fused-ring (bicyclic) bond motifs is 1. The van der Waals surface area contributed by atoms with Gasteiger partial charge in [-0.1, -0.05) is 24.6 Å². The summed E-state index contributed by atoms with van der Waals surface area (Å²) < 4.78 is 28.5. The highest BCUT2D eigenvalue weighted by Crippen LogP contribution is 2.32. The Morgan fingerprint density at radius 1 is 1.19 bits per heavy atom. The average molecular weight is 388 g/mol. The fraction of sp³-hybridized carbons (Fsp3) is 0.474. The number of carbonyl (C=O) groups excluding carboxylic acids is 1. The van der Waals surface area contributed by atoms with E-state index in [4.69, 9.17) is 0 Å². The lowest BCUT2D eigenvalue weighted by atomic mass is 10.1. The maximum atomic E-state index is 12.9. The van der Waals surface area contributed by atoms with Gasteiger partial charge in [-0.15, -0.1) is 0 Å². The van der Waals surface area contributed by atoms with Gasteiger partial charge in [0.05, 0.1) is 6.33 Å². The van der Waals surface area contributed by atoms with Crippen molar-refractivity contribution in [1.82, 2.24) is 13.9 Å². The van der Waals surface area contributed by atoms with Crippen LogP contribution in [0, 0.1) is 0 Å².